The first-order valence-corrected chi connectivity index (χ1v) is 7.97. The maximum Gasteiger partial charge on any atom is 0.0471 e. The van der Waals surface area contributed by atoms with E-state index in [4.69, 9.17) is 11.6 Å². The molecule has 1 aliphatic rings. The van der Waals surface area contributed by atoms with Crippen LogP contribution in [0.15, 0.2) is 18.2 Å². The zero-order valence-corrected chi connectivity index (χ0v) is 13.9. The molecule has 1 N–H and O–H groups in total. The second-order valence-electron chi connectivity index (χ2n) is 6.93. The Bertz CT molecular complexity index is 443. The van der Waals surface area contributed by atoms with Crippen molar-refractivity contribution in [3.8, 4) is 0 Å². The van der Waals surface area contributed by atoms with Crippen molar-refractivity contribution in [2.45, 2.75) is 40.2 Å². The summed E-state index contributed by atoms with van der Waals surface area (Å²) in [5, 5.41) is 4.02. The molecule has 0 aliphatic carbocycles. The molecule has 112 valence electrons. The lowest BCUT2D eigenvalue weighted by Gasteiger charge is -2.39. The van der Waals surface area contributed by atoms with Crippen molar-refractivity contribution in [1.29, 1.82) is 0 Å². The topological polar surface area (TPSA) is 15.3 Å². The van der Waals surface area contributed by atoms with Crippen LogP contribution in [0.1, 0.15) is 39.2 Å². The number of nitrogens with zero attached hydrogens (tertiary/aromatic N) is 1. The minimum Gasteiger partial charge on any atom is -0.371 e. The molecule has 2 nitrogen and oxygen atoms in total. The molecule has 0 spiro atoms. The van der Waals surface area contributed by atoms with E-state index < -0.39 is 0 Å². The van der Waals surface area contributed by atoms with Crippen molar-refractivity contribution in [3.63, 3.8) is 0 Å². The van der Waals surface area contributed by atoms with E-state index in [1.807, 2.05) is 7.05 Å². The molecule has 0 aromatic heterocycles. The summed E-state index contributed by atoms with van der Waals surface area (Å²) in [4.78, 5) is 2.47. The van der Waals surface area contributed by atoms with Crippen molar-refractivity contribution in [3.05, 3.63) is 28.8 Å². The van der Waals surface area contributed by atoms with Crippen molar-refractivity contribution >= 4 is 17.3 Å². The highest BCUT2D eigenvalue weighted by molar-refractivity contribution is 6.31. The molecule has 0 atom stereocenters. The zero-order chi connectivity index (χ0) is 14.8. The number of piperidine rings is 1. The van der Waals surface area contributed by atoms with Crippen LogP contribution in [0.25, 0.3) is 0 Å². The summed E-state index contributed by atoms with van der Waals surface area (Å²) < 4.78 is 0. The SMILES string of the molecule is CNCc1ccc(N2CCC(C(C)(C)C)CC2)cc1Cl. The molecule has 0 bridgehead atoms. The predicted molar refractivity (Wildman–Crippen MR) is 88.6 cm³/mol. The first kappa shape index (κ1) is 15.7. The Kier molecular flexibility index (Phi) is 4.98. The van der Waals surface area contributed by atoms with Gasteiger partial charge < -0.3 is 10.2 Å². The van der Waals surface area contributed by atoms with Gasteiger partial charge in [0.25, 0.3) is 0 Å². The molecule has 0 radical (unpaired) electrons. The fourth-order valence-corrected chi connectivity index (χ4v) is 3.31. The van der Waals surface area contributed by atoms with Crippen LogP contribution >= 0.6 is 11.6 Å². The van der Waals surface area contributed by atoms with E-state index in [-0.39, 0.29) is 0 Å². The summed E-state index contributed by atoms with van der Waals surface area (Å²) in [7, 11) is 1.95. The van der Waals surface area contributed by atoms with Gasteiger partial charge in [-0.2, -0.15) is 0 Å². The number of benzene rings is 1. The molecule has 0 amide bonds. The Balaban J connectivity index is 2.02. The van der Waals surface area contributed by atoms with Crippen molar-refractivity contribution in [2.24, 2.45) is 11.3 Å². The number of hydrogen-bond acceptors (Lipinski definition) is 2. The van der Waals surface area contributed by atoms with Gasteiger partial charge in [-0.1, -0.05) is 38.4 Å². The lowest BCUT2D eigenvalue weighted by atomic mass is 9.75. The largest absolute Gasteiger partial charge is 0.371 e. The Morgan fingerprint density at radius 3 is 2.40 bits per heavy atom. The molecule has 20 heavy (non-hydrogen) atoms. The van der Waals surface area contributed by atoms with Gasteiger partial charge in [0.05, 0.1) is 0 Å². The monoisotopic (exact) mass is 294 g/mol. The summed E-state index contributed by atoms with van der Waals surface area (Å²) in [6, 6.07) is 6.46. The standard InChI is InChI=1S/C17H27ClN2/c1-17(2,3)14-7-9-20(10-8-14)15-6-5-13(12-19-4)16(18)11-15/h5-6,11,14,19H,7-10,12H2,1-4H3. The summed E-state index contributed by atoms with van der Waals surface area (Å²) >= 11 is 6.36. The molecule has 3 heteroatoms. The lowest BCUT2D eigenvalue weighted by Crippen LogP contribution is -2.38. The van der Waals surface area contributed by atoms with Gasteiger partial charge in [0, 0.05) is 30.3 Å². The van der Waals surface area contributed by atoms with Crippen molar-refractivity contribution in [1.82, 2.24) is 5.32 Å². The third-order valence-electron chi connectivity index (χ3n) is 4.49. The fraction of sp³-hybridized carbons (Fsp3) is 0.647. The number of anilines is 1. The van der Waals surface area contributed by atoms with E-state index in [1.165, 1.54) is 24.1 Å². The average molecular weight is 295 g/mol. The molecular weight excluding hydrogens is 268 g/mol. The van der Waals surface area contributed by atoms with Gasteiger partial charge in [-0.3, -0.25) is 0 Å². The van der Waals surface area contributed by atoms with Gasteiger partial charge >= 0.3 is 0 Å². The number of nitrogens with one attached hydrogen (secondary N) is 1. The van der Waals surface area contributed by atoms with Crippen LogP contribution in [0.3, 0.4) is 0 Å². The van der Waals surface area contributed by atoms with Crippen LogP contribution in [0.4, 0.5) is 5.69 Å². The van der Waals surface area contributed by atoms with Gasteiger partial charge in [0.1, 0.15) is 0 Å². The van der Waals surface area contributed by atoms with E-state index in [9.17, 15) is 0 Å². The molecule has 1 fully saturated rings. The number of halogens is 1. The summed E-state index contributed by atoms with van der Waals surface area (Å²) in [5.41, 5.74) is 2.87. The molecule has 1 aromatic carbocycles. The fourth-order valence-electron chi connectivity index (χ4n) is 3.07. The van der Waals surface area contributed by atoms with Gasteiger partial charge in [-0.05, 0) is 48.9 Å². The lowest BCUT2D eigenvalue weighted by molar-refractivity contribution is 0.199. The third-order valence-corrected chi connectivity index (χ3v) is 4.84. The summed E-state index contributed by atoms with van der Waals surface area (Å²) in [6.45, 7) is 10.2. The Labute approximate surface area is 128 Å². The molecule has 0 unspecified atom stereocenters. The number of hydrogen-bond donors (Lipinski definition) is 1. The zero-order valence-electron chi connectivity index (χ0n) is 13.2. The Morgan fingerprint density at radius 1 is 1.25 bits per heavy atom. The normalized spacial score (nSPS) is 17.6. The maximum absolute atomic E-state index is 6.36. The van der Waals surface area contributed by atoms with Gasteiger partial charge in [0.15, 0.2) is 0 Å². The highest BCUT2D eigenvalue weighted by Crippen LogP contribution is 2.36. The minimum atomic E-state index is 0.431. The Hall–Kier alpha value is -0.730. The second-order valence-corrected chi connectivity index (χ2v) is 7.34. The first-order chi connectivity index (χ1) is 9.41. The van der Waals surface area contributed by atoms with Gasteiger partial charge in [-0.15, -0.1) is 0 Å². The number of rotatable bonds is 3. The van der Waals surface area contributed by atoms with Gasteiger partial charge in [0.2, 0.25) is 0 Å². The second kappa shape index (κ2) is 6.36. The van der Waals surface area contributed by atoms with Crippen molar-refractivity contribution in [2.75, 3.05) is 25.0 Å². The first-order valence-electron chi connectivity index (χ1n) is 7.60. The van der Waals surface area contributed by atoms with Crippen LogP contribution < -0.4 is 10.2 Å². The van der Waals surface area contributed by atoms with Crippen LogP contribution in [-0.2, 0) is 6.54 Å². The molecular formula is C17H27ClN2. The van der Waals surface area contributed by atoms with Crippen LogP contribution in [0.5, 0.6) is 0 Å². The molecule has 1 aliphatic heterocycles. The highest BCUT2D eigenvalue weighted by atomic mass is 35.5. The van der Waals surface area contributed by atoms with E-state index in [2.05, 4.69) is 49.2 Å². The maximum atomic E-state index is 6.36. The third kappa shape index (κ3) is 3.67. The predicted octanol–water partition coefficient (Wildman–Crippen LogP) is 4.32. The summed E-state index contributed by atoms with van der Waals surface area (Å²) in [5.74, 6) is 0.831. The molecule has 1 saturated heterocycles. The van der Waals surface area contributed by atoms with Gasteiger partial charge in [-0.25, -0.2) is 0 Å². The van der Waals surface area contributed by atoms with E-state index in [1.54, 1.807) is 0 Å². The van der Waals surface area contributed by atoms with E-state index in [0.717, 1.165) is 30.6 Å². The Morgan fingerprint density at radius 2 is 1.90 bits per heavy atom. The average Bonchev–Trinajstić information content (AvgIpc) is 2.40. The van der Waals surface area contributed by atoms with E-state index in [0.29, 0.717) is 5.41 Å². The quantitative estimate of drug-likeness (QED) is 0.893. The molecule has 2 rings (SSSR count). The molecule has 1 aromatic rings. The van der Waals surface area contributed by atoms with Crippen molar-refractivity contribution < 1.29 is 0 Å². The van der Waals surface area contributed by atoms with Crippen LogP contribution in [0, 0.1) is 11.3 Å². The van der Waals surface area contributed by atoms with E-state index >= 15 is 0 Å². The smallest absolute Gasteiger partial charge is 0.0471 e. The van der Waals surface area contributed by atoms with Crippen LogP contribution in [-0.4, -0.2) is 20.1 Å². The molecule has 0 saturated carbocycles. The molecule has 1 heterocycles. The highest BCUT2D eigenvalue weighted by Gasteiger charge is 2.28. The minimum absolute atomic E-state index is 0.431. The summed E-state index contributed by atoms with van der Waals surface area (Å²) in [6.07, 6.45) is 2.55. The van der Waals surface area contributed by atoms with Crippen LogP contribution in [0.2, 0.25) is 5.02 Å².